The van der Waals surface area contributed by atoms with Gasteiger partial charge in [0.25, 0.3) is 0 Å². The molecule has 0 unspecified atom stereocenters. The van der Waals surface area contributed by atoms with Crippen LogP contribution in [0.1, 0.15) is 29.1 Å². The fraction of sp³-hybridized carbons (Fsp3) is 0.417. The van der Waals surface area contributed by atoms with Crippen LogP contribution in [0.25, 0.3) is 0 Å². The Kier molecular flexibility index (Phi) is 3.22. The molecule has 2 rings (SSSR count). The van der Waals surface area contributed by atoms with Crippen LogP contribution >= 0.6 is 0 Å². The second-order valence-corrected chi connectivity index (χ2v) is 3.59. The minimum absolute atomic E-state index is 0.0308. The SMILES string of the molecule is COc1ccc(C2OCCO2)cc1C(C)=O. The molecule has 86 valence electrons. The largest absolute Gasteiger partial charge is 0.496 e. The van der Waals surface area contributed by atoms with Crippen LogP contribution in [-0.2, 0) is 9.47 Å². The zero-order chi connectivity index (χ0) is 11.5. The van der Waals surface area contributed by atoms with Crippen molar-refractivity contribution in [3.8, 4) is 5.75 Å². The number of ether oxygens (including phenoxy) is 3. The molecule has 0 spiro atoms. The van der Waals surface area contributed by atoms with Crippen molar-refractivity contribution in [3.05, 3.63) is 29.3 Å². The predicted molar refractivity (Wildman–Crippen MR) is 57.6 cm³/mol. The van der Waals surface area contributed by atoms with Gasteiger partial charge < -0.3 is 14.2 Å². The molecule has 0 bridgehead atoms. The molecule has 16 heavy (non-hydrogen) atoms. The van der Waals surface area contributed by atoms with E-state index in [1.165, 1.54) is 6.92 Å². The lowest BCUT2D eigenvalue weighted by atomic mass is 10.1. The summed E-state index contributed by atoms with van der Waals surface area (Å²) >= 11 is 0. The van der Waals surface area contributed by atoms with E-state index in [1.807, 2.05) is 6.07 Å². The first-order chi connectivity index (χ1) is 7.72. The molecular weight excluding hydrogens is 208 g/mol. The summed E-state index contributed by atoms with van der Waals surface area (Å²) in [5, 5.41) is 0. The predicted octanol–water partition coefficient (Wildman–Crippen LogP) is 1.94. The van der Waals surface area contributed by atoms with E-state index in [9.17, 15) is 4.79 Å². The van der Waals surface area contributed by atoms with Crippen molar-refractivity contribution < 1.29 is 19.0 Å². The quantitative estimate of drug-likeness (QED) is 0.733. The molecule has 0 radical (unpaired) electrons. The Balaban J connectivity index is 2.34. The Hall–Kier alpha value is -1.39. The van der Waals surface area contributed by atoms with Crippen molar-refractivity contribution in [2.45, 2.75) is 13.2 Å². The minimum Gasteiger partial charge on any atom is -0.496 e. The highest BCUT2D eigenvalue weighted by Gasteiger charge is 2.20. The number of rotatable bonds is 3. The van der Waals surface area contributed by atoms with Crippen LogP contribution in [0.2, 0.25) is 0 Å². The third-order valence-corrected chi connectivity index (χ3v) is 2.50. The number of hydrogen-bond acceptors (Lipinski definition) is 4. The van der Waals surface area contributed by atoms with Gasteiger partial charge in [-0.05, 0) is 19.1 Å². The first-order valence-corrected chi connectivity index (χ1v) is 5.14. The van der Waals surface area contributed by atoms with E-state index in [0.29, 0.717) is 24.5 Å². The van der Waals surface area contributed by atoms with Gasteiger partial charge in [-0.25, -0.2) is 0 Å². The average Bonchev–Trinajstić information content (AvgIpc) is 2.81. The molecule has 1 fully saturated rings. The number of benzene rings is 1. The normalized spacial score (nSPS) is 16.4. The van der Waals surface area contributed by atoms with Gasteiger partial charge in [0.15, 0.2) is 12.1 Å². The molecule has 1 heterocycles. The van der Waals surface area contributed by atoms with Crippen LogP contribution < -0.4 is 4.74 Å². The summed E-state index contributed by atoms with van der Waals surface area (Å²) in [6.07, 6.45) is -0.357. The lowest BCUT2D eigenvalue weighted by molar-refractivity contribution is -0.0441. The molecule has 4 nitrogen and oxygen atoms in total. The van der Waals surface area contributed by atoms with Crippen LogP contribution in [0.5, 0.6) is 5.75 Å². The van der Waals surface area contributed by atoms with Gasteiger partial charge >= 0.3 is 0 Å². The number of methoxy groups -OCH3 is 1. The summed E-state index contributed by atoms with van der Waals surface area (Å²) in [6.45, 7) is 2.69. The molecule has 0 saturated carbocycles. The summed E-state index contributed by atoms with van der Waals surface area (Å²) in [4.78, 5) is 11.4. The number of carbonyl (C=O) groups excluding carboxylic acids is 1. The second kappa shape index (κ2) is 4.63. The van der Waals surface area contributed by atoms with E-state index in [-0.39, 0.29) is 12.1 Å². The van der Waals surface area contributed by atoms with E-state index in [1.54, 1.807) is 19.2 Å². The van der Waals surface area contributed by atoms with Crippen LogP contribution in [0.15, 0.2) is 18.2 Å². The van der Waals surface area contributed by atoms with Crippen LogP contribution in [0.4, 0.5) is 0 Å². The van der Waals surface area contributed by atoms with Crippen LogP contribution in [0, 0.1) is 0 Å². The summed E-state index contributed by atoms with van der Waals surface area (Å²) in [6, 6.07) is 5.37. The summed E-state index contributed by atoms with van der Waals surface area (Å²) in [5.41, 5.74) is 1.41. The zero-order valence-electron chi connectivity index (χ0n) is 9.36. The minimum atomic E-state index is -0.357. The Morgan fingerprint density at radius 2 is 2.06 bits per heavy atom. The van der Waals surface area contributed by atoms with Crippen LogP contribution in [-0.4, -0.2) is 26.1 Å². The number of ketones is 1. The first kappa shape index (κ1) is 11.1. The highest BCUT2D eigenvalue weighted by Crippen LogP contribution is 2.28. The summed E-state index contributed by atoms with van der Waals surface area (Å²) in [7, 11) is 1.55. The number of hydrogen-bond donors (Lipinski definition) is 0. The molecule has 1 aliphatic heterocycles. The molecule has 4 heteroatoms. The van der Waals surface area contributed by atoms with Gasteiger partial charge in [0.2, 0.25) is 0 Å². The number of Topliss-reactive ketones (excluding diaryl/α,β-unsaturated/α-hetero) is 1. The average molecular weight is 222 g/mol. The lowest BCUT2D eigenvalue weighted by Gasteiger charge is -2.12. The highest BCUT2D eigenvalue weighted by molar-refractivity contribution is 5.97. The summed E-state index contributed by atoms with van der Waals surface area (Å²) in [5.74, 6) is 0.547. The molecule has 0 atom stereocenters. The van der Waals surface area contributed by atoms with Gasteiger partial charge in [0.1, 0.15) is 5.75 Å². The Morgan fingerprint density at radius 1 is 1.38 bits per heavy atom. The molecule has 1 aliphatic rings. The maximum atomic E-state index is 11.4. The smallest absolute Gasteiger partial charge is 0.184 e. The van der Waals surface area contributed by atoms with Crippen molar-refractivity contribution in [2.75, 3.05) is 20.3 Å². The van der Waals surface area contributed by atoms with E-state index in [2.05, 4.69) is 0 Å². The fourth-order valence-corrected chi connectivity index (χ4v) is 1.70. The molecule has 0 amide bonds. The van der Waals surface area contributed by atoms with E-state index in [0.717, 1.165) is 5.56 Å². The lowest BCUT2D eigenvalue weighted by Crippen LogP contribution is -2.03. The molecule has 0 aromatic heterocycles. The van der Waals surface area contributed by atoms with Gasteiger partial charge in [0.05, 0.1) is 25.9 Å². The Morgan fingerprint density at radius 3 is 2.62 bits per heavy atom. The second-order valence-electron chi connectivity index (χ2n) is 3.59. The van der Waals surface area contributed by atoms with Gasteiger partial charge in [-0.1, -0.05) is 6.07 Å². The Labute approximate surface area is 94.1 Å². The molecule has 0 aliphatic carbocycles. The van der Waals surface area contributed by atoms with E-state index in [4.69, 9.17) is 14.2 Å². The molecule has 1 aromatic carbocycles. The zero-order valence-corrected chi connectivity index (χ0v) is 9.36. The number of carbonyl (C=O) groups is 1. The van der Waals surface area contributed by atoms with Crippen molar-refractivity contribution >= 4 is 5.78 Å². The summed E-state index contributed by atoms with van der Waals surface area (Å²) < 4.78 is 15.9. The Bertz CT molecular complexity index is 394. The topological polar surface area (TPSA) is 44.8 Å². The van der Waals surface area contributed by atoms with Gasteiger partial charge in [-0.15, -0.1) is 0 Å². The van der Waals surface area contributed by atoms with Gasteiger partial charge in [0, 0.05) is 5.56 Å². The van der Waals surface area contributed by atoms with E-state index >= 15 is 0 Å². The van der Waals surface area contributed by atoms with Crippen LogP contribution in [0.3, 0.4) is 0 Å². The third-order valence-electron chi connectivity index (χ3n) is 2.50. The highest BCUT2D eigenvalue weighted by atomic mass is 16.7. The standard InChI is InChI=1S/C12H14O4/c1-8(13)10-7-9(3-4-11(10)14-2)12-15-5-6-16-12/h3-4,7,12H,5-6H2,1-2H3. The fourth-order valence-electron chi connectivity index (χ4n) is 1.70. The monoisotopic (exact) mass is 222 g/mol. The van der Waals surface area contributed by atoms with Crippen molar-refractivity contribution in [2.24, 2.45) is 0 Å². The molecule has 1 saturated heterocycles. The van der Waals surface area contributed by atoms with Crippen molar-refractivity contribution in [3.63, 3.8) is 0 Å². The van der Waals surface area contributed by atoms with Crippen molar-refractivity contribution in [1.29, 1.82) is 0 Å². The molecular formula is C12H14O4. The third kappa shape index (κ3) is 2.08. The van der Waals surface area contributed by atoms with E-state index < -0.39 is 0 Å². The van der Waals surface area contributed by atoms with Gasteiger partial charge in [-0.2, -0.15) is 0 Å². The van der Waals surface area contributed by atoms with Gasteiger partial charge in [-0.3, -0.25) is 4.79 Å². The maximum absolute atomic E-state index is 11.4. The molecule has 1 aromatic rings. The first-order valence-electron chi connectivity index (χ1n) is 5.14. The molecule has 0 N–H and O–H groups in total. The van der Waals surface area contributed by atoms with Crippen molar-refractivity contribution in [1.82, 2.24) is 0 Å². The maximum Gasteiger partial charge on any atom is 0.184 e.